The molecule has 0 atom stereocenters. The molecule has 214 valence electrons. The number of benzene rings is 2. The molecule has 1 N–H and O–H groups in total. The van der Waals surface area contributed by atoms with Crippen molar-refractivity contribution in [2.45, 2.75) is 48.3 Å². The minimum Gasteiger partial charge on any atom is -0.478 e. The average Bonchev–Trinajstić information content (AvgIpc) is 2.92. The van der Waals surface area contributed by atoms with Gasteiger partial charge in [-0.1, -0.05) is 0 Å². The Morgan fingerprint density at radius 1 is 0.692 bits per heavy atom. The summed E-state index contributed by atoms with van der Waals surface area (Å²) in [5, 5.41) is 9.26. The van der Waals surface area contributed by atoms with Gasteiger partial charge in [0.2, 0.25) is 0 Å². The molecule has 0 saturated carbocycles. The number of ether oxygens (including phenoxy) is 1. The lowest BCUT2D eigenvalue weighted by atomic mass is 10.1. The van der Waals surface area contributed by atoms with Crippen LogP contribution in [0.5, 0.6) is 0 Å². The number of carbonyl (C=O) groups is 2. The van der Waals surface area contributed by atoms with Crippen LogP contribution in [0.25, 0.3) is 0 Å². The van der Waals surface area contributed by atoms with E-state index in [1.54, 1.807) is 18.2 Å². The first-order chi connectivity index (χ1) is 18.3. The fourth-order valence-electron chi connectivity index (χ4n) is 4.76. The van der Waals surface area contributed by atoms with E-state index in [1.807, 2.05) is 4.90 Å². The highest BCUT2D eigenvalue weighted by Gasteiger charge is 2.22. The minimum atomic E-state index is -3.39. The predicted molar refractivity (Wildman–Crippen MR) is 150 cm³/mol. The van der Waals surface area contributed by atoms with Crippen LogP contribution in [0, 0.1) is 0 Å². The van der Waals surface area contributed by atoms with Crippen LogP contribution in [-0.2, 0) is 24.4 Å². The maximum absolute atomic E-state index is 11.9. The van der Waals surface area contributed by atoms with Gasteiger partial charge in [-0.3, -0.25) is 0 Å². The number of carboxylic acids is 1. The number of esters is 1. The number of methoxy groups -OCH3 is 1. The Bertz CT molecular complexity index is 1410. The number of piperidine rings is 2. The maximum atomic E-state index is 11.9. The summed E-state index contributed by atoms with van der Waals surface area (Å²) < 4.78 is 51.0. The van der Waals surface area contributed by atoms with Crippen molar-refractivity contribution < 1.29 is 36.3 Å². The van der Waals surface area contributed by atoms with Crippen LogP contribution in [0.15, 0.2) is 46.2 Å². The highest BCUT2D eigenvalue weighted by atomic mass is 32.2. The number of carbonyl (C=O) groups excluding carboxylic acids is 1. The molecule has 0 unspecified atom stereocenters. The Labute approximate surface area is 230 Å². The number of aromatic carboxylic acids is 1. The molecule has 2 aliphatic rings. The van der Waals surface area contributed by atoms with Crippen molar-refractivity contribution in [3.63, 3.8) is 0 Å². The smallest absolute Gasteiger partial charge is 0.340 e. The number of carboxylic acid groups (broad SMARTS) is 1. The SMILES string of the molecule is COC(=O)c1cc(S(C)(=O)=O)ccc1N1CCCCC1.CS(=O)(=O)c1ccc(N2CCCCC2)c(C(=O)O)c1. The Morgan fingerprint density at radius 2 is 1.08 bits per heavy atom. The number of hydrogen-bond donors (Lipinski definition) is 1. The second-order valence-corrected chi connectivity index (χ2v) is 13.8. The molecule has 2 aromatic rings. The first kappa shape index (κ1) is 30.4. The van der Waals surface area contributed by atoms with Crippen molar-refractivity contribution in [2.24, 2.45) is 0 Å². The van der Waals surface area contributed by atoms with Gasteiger partial charge in [0.05, 0.1) is 39.4 Å². The van der Waals surface area contributed by atoms with Crippen molar-refractivity contribution in [3.8, 4) is 0 Å². The summed E-state index contributed by atoms with van der Waals surface area (Å²) >= 11 is 0. The normalized spacial score (nSPS) is 16.2. The molecule has 0 bridgehead atoms. The summed E-state index contributed by atoms with van der Waals surface area (Å²) in [4.78, 5) is 27.5. The van der Waals surface area contributed by atoms with E-state index in [0.29, 0.717) is 11.3 Å². The fraction of sp³-hybridized carbons (Fsp3) is 0.481. The molecule has 0 amide bonds. The number of nitrogens with zero attached hydrogens (tertiary/aromatic N) is 2. The highest BCUT2D eigenvalue weighted by molar-refractivity contribution is 7.91. The Balaban J connectivity index is 0.000000216. The third-order valence-electron chi connectivity index (χ3n) is 6.82. The van der Waals surface area contributed by atoms with Gasteiger partial charge in [-0.05, 0) is 74.9 Å². The summed E-state index contributed by atoms with van der Waals surface area (Å²) in [5.74, 6) is -1.60. The van der Waals surface area contributed by atoms with Gasteiger partial charge in [0.15, 0.2) is 19.7 Å². The van der Waals surface area contributed by atoms with Gasteiger partial charge in [-0.15, -0.1) is 0 Å². The third-order valence-corrected chi connectivity index (χ3v) is 9.04. The number of anilines is 2. The van der Waals surface area contributed by atoms with Gasteiger partial charge < -0.3 is 19.6 Å². The van der Waals surface area contributed by atoms with E-state index in [1.165, 1.54) is 31.7 Å². The first-order valence-electron chi connectivity index (χ1n) is 12.8. The number of hydrogen-bond acceptors (Lipinski definition) is 9. The van der Waals surface area contributed by atoms with E-state index >= 15 is 0 Å². The maximum Gasteiger partial charge on any atom is 0.340 e. The van der Waals surface area contributed by atoms with Gasteiger partial charge in [0.1, 0.15) is 0 Å². The summed E-state index contributed by atoms with van der Waals surface area (Å²) in [5.41, 5.74) is 1.74. The van der Waals surface area contributed by atoms with E-state index in [0.717, 1.165) is 76.5 Å². The van der Waals surface area contributed by atoms with E-state index in [-0.39, 0.29) is 15.4 Å². The molecule has 39 heavy (non-hydrogen) atoms. The predicted octanol–water partition coefficient (Wildman–Crippen LogP) is 3.65. The minimum absolute atomic E-state index is 0.0469. The molecule has 0 aromatic heterocycles. The van der Waals surface area contributed by atoms with Gasteiger partial charge in [0, 0.05) is 38.7 Å². The topological polar surface area (TPSA) is 138 Å². The standard InChI is InChI=1S/C14H19NO4S.C13H17NO4S/c1-19-14(16)12-10-11(20(2,17)18)6-7-13(12)15-8-4-3-5-9-15;1-19(17,18)10-5-6-12(11(9-10)13(15)16)14-7-3-2-4-8-14/h6-7,10H,3-5,8-9H2,1-2H3;5-6,9H,2-4,7-8H2,1H3,(H,15,16). The van der Waals surface area contributed by atoms with Crippen molar-refractivity contribution >= 4 is 43.0 Å². The summed E-state index contributed by atoms with van der Waals surface area (Å²) in [6.45, 7) is 3.39. The van der Waals surface area contributed by atoms with Crippen LogP contribution < -0.4 is 9.80 Å². The third kappa shape index (κ3) is 7.95. The second-order valence-electron chi connectivity index (χ2n) is 9.79. The highest BCUT2D eigenvalue weighted by Crippen LogP contribution is 2.28. The van der Waals surface area contributed by atoms with Crippen LogP contribution in [0.3, 0.4) is 0 Å². The van der Waals surface area contributed by atoms with Crippen molar-refractivity contribution in [3.05, 3.63) is 47.5 Å². The van der Waals surface area contributed by atoms with E-state index in [4.69, 9.17) is 4.74 Å². The molecule has 4 rings (SSSR count). The molecule has 10 nitrogen and oxygen atoms in total. The lowest BCUT2D eigenvalue weighted by Gasteiger charge is -2.30. The Hall–Kier alpha value is -3.12. The molecule has 2 aliphatic heterocycles. The van der Waals surface area contributed by atoms with Gasteiger partial charge in [0.25, 0.3) is 0 Å². The average molecular weight is 581 g/mol. The molecular weight excluding hydrogens is 544 g/mol. The molecular formula is C27H36N2O8S2. The number of sulfone groups is 2. The van der Waals surface area contributed by atoms with Crippen LogP contribution in [-0.4, -0.2) is 79.7 Å². The summed E-state index contributed by atoms with van der Waals surface area (Å²) in [6, 6.07) is 8.99. The molecule has 0 spiro atoms. The van der Waals surface area contributed by atoms with Crippen molar-refractivity contribution in [1.29, 1.82) is 0 Å². The van der Waals surface area contributed by atoms with Gasteiger partial charge in [-0.2, -0.15) is 0 Å². The largest absolute Gasteiger partial charge is 0.478 e. The molecule has 2 fully saturated rings. The van der Waals surface area contributed by atoms with Crippen LogP contribution in [0.2, 0.25) is 0 Å². The lowest BCUT2D eigenvalue weighted by molar-refractivity contribution is 0.0600. The molecule has 2 aromatic carbocycles. The van der Waals surface area contributed by atoms with Crippen LogP contribution in [0.1, 0.15) is 59.2 Å². The van der Waals surface area contributed by atoms with Gasteiger partial charge in [-0.25, -0.2) is 26.4 Å². The summed E-state index contributed by atoms with van der Waals surface area (Å²) in [6.07, 6.45) is 8.77. The lowest BCUT2D eigenvalue weighted by Crippen LogP contribution is -2.31. The van der Waals surface area contributed by atoms with Crippen molar-refractivity contribution in [1.82, 2.24) is 0 Å². The quantitative estimate of drug-likeness (QED) is 0.504. The zero-order valence-electron chi connectivity index (χ0n) is 22.6. The van der Waals surface area contributed by atoms with E-state index in [2.05, 4.69) is 4.90 Å². The molecule has 12 heteroatoms. The molecule has 0 aliphatic carbocycles. The number of rotatable bonds is 6. The second kappa shape index (κ2) is 12.8. The van der Waals surface area contributed by atoms with E-state index < -0.39 is 31.6 Å². The zero-order chi connectivity index (χ0) is 28.8. The van der Waals surface area contributed by atoms with Crippen molar-refractivity contribution in [2.75, 3.05) is 55.6 Å². The van der Waals surface area contributed by atoms with Gasteiger partial charge >= 0.3 is 11.9 Å². The Morgan fingerprint density at radius 3 is 1.44 bits per heavy atom. The Kier molecular flexibility index (Phi) is 10.0. The molecule has 0 radical (unpaired) electrons. The molecule has 2 saturated heterocycles. The summed E-state index contributed by atoms with van der Waals surface area (Å²) in [7, 11) is -5.43. The monoisotopic (exact) mass is 580 g/mol. The van der Waals surface area contributed by atoms with Crippen LogP contribution in [0.4, 0.5) is 11.4 Å². The van der Waals surface area contributed by atoms with E-state index in [9.17, 15) is 31.5 Å². The zero-order valence-corrected chi connectivity index (χ0v) is 24.2. The van der Waals surface area contributed by atoms with Crippen LogP contribution >= 0.6 is 0 Å². The molecule has 2 heterocycles. The first-order valence-corrected chi connectivity index (χ1v) is 16.6. The fourth-order valence-corrected chi connectivity index (χ4v) is 6.05.